The van der Waals surface area contributed by atoms with Crippen molar-refractivity contribution in [2.75, 3.05) is 13.1 Å². The van der Waals surface area contributed by atoms with Gasteiger partial charge < -0.3 is 5.11 Å². The van der Waals surface area contributed by atoms with Crippen molar-refractivity contribution in [2.45, 2.75) is 57.6 Å². The maximum absolute atomic E-state index is 12.7. The van der Waals surface area contributed by atoms with Crippen LogP contribution in [0.3, 0.4) is 0 Å². The molecule has 1 aliphatic carbocycles. The third-order valence-electron chi connectivity index (χ3n) is 5.42. The molecule has 0 amide bonds. The van der Waals surface area contributed by atoms with Gasteiger partial charge in [0.25, 0.3) is 0 Å². The van der Waals surface area contributed by atoms with E-state index in [1.807, 2.05) is 0 Å². The summed E-state index contributed by atoms with van der Waals surface area (Å²) in [5, 5.41) is 8.48. The lowest BCUT2D eigenvalue weighted by Gasteiger charge is -2.28. The number of hydrogen-bond acceptors (Lipinski definition) is 3. The minimum absolute atomic E-state index is 0.0877. The van der Waals surface area contributed by atoms with E-state index in [1.54, 1.807) is 4.31 Å². The van der Waals surface area contributed by atoms with Gasteiger partial charge in [0.05, 0.1) is 11.2 Å². The minimum Gasteiger partial charge on any atom is -0.481 e. The van der Waals surface area contributed by atoms with E-state index in [0.29, 0.717) is 32.4 Å². The second-order valence-electron chi connectivity index (χ2n) is 6.25. The van der Waals surface area contributed by atoms with Crippen LogP contribution in [0, 0.1) is 11.3 Å². The van der Waals surface area contributed by atoms with E-state index in [4.69, 9.17) is 0 Å². The summed E-state index contributed by atoms with van der Waals surface area (Å²) < 4.78 is 27.0. The molecular formula is C14H25NO4S. The molecule has 1 heterocycles. The van der Waals surface area contributed by atoms with E-state index in [-0.39, 0.29) is 5.41 Å². The lowest BCUT2D eigenvalue weighted by molar-refractivity contribution is -0.141. The van der Waals surface area contributed by atoms with Gasteiger partial charge in [0, 0.05) is 13.1 Å². The summed E-state index contributed by atoms with van der Waals surface area (Å²) in [5.74, 6) is -1.69. The largest absolute Gasteiger partial charge is 0.481 e. The van der Waals surface area contributed by atoms with Crippen LogP contribution in [0.25, 0.3) is 0 Å². The normalized spacial score (nSPS) is 30.7. The Bertz CT molecular complexity index is 470. The molecule has 116 valence electrons. The molecule has 0 aromatic heterocycles. The number of sulfonamides is 1. The van der Waals surface area contributed by atoms with E-state index in [0.717, 1.165) is 19.3 Å². The van der Waals surface area contributed by atoms with Gasteiger partial charge in [-0.25, -0.2) is 12.7 Å². The maximum Gasteiger partial charge on any atom is 0.307 e. The fraction of sp³-hybridized carbons (Fsp3) is 0.929. The van der Waals surface area contributed by atoms with Crippen molar-refractivity contribution in [3.63, 3.8) is 0 Å². The van der Waals surface area contributed by atoms with Crippen molar-refractivity contribution in [1.29, 1.82) is 0 Å². The van der Waals surface area contributed by atoms with E-state index in [9.17, 15) is 18.3 Å². The highest BCUT2D eigenvalue weighted by Gasteiger charge is 2.48. The van der Waals surface area contributed by atoms with E-state index < -0.39 is 27.2 Å². The Kier molecular flexibility index (Phi) is 4.44. The summed E-state index contributed by atoms with van der Waals surface area (Å²) in [5.41, 5.74) is 0.0877. The zero-order valence-electron chi connectivity index (χ0n) is 12.3. The highest BCUT2D eigenvalue weighted by atomic mass is 32.2. The van der Waals surface area contributed by atoms with Gasteiger partial charge in [-0.2, -0.15) is 0 Å². The standard InChI is InChI=1S/C14H25NO4S/c1-3-14(4-2)8-9-15(10-14)20(18,19)12-7-5-6-11(12)13(16)17/h11-12H,3-10H2,1-2H3,(H,16,17). The molecule has 2 atom stereocenters. The van der Waals surface area contributed by atoms with Crippen LogP contribution < -0.4 is 0 Å². The van der Waals surface area contributed by atoms with E-state index in [2.05, 4.69) is 13.8 Å². The predicted molar refractivity (Wildman–Crippen MR) is 76.9 cm³/mol. The monoisotopic (exact) mass is 303 g/mol. The van der Waals surface area contributed by atoms with Gasteiger partial charge in [0.15, 0.2) is 0 Å². The highest BCUT2D eigenvalue weighted by molar-refractivity contribution is 7.89. The number of carboxylic acids is 1. The molecule has 2 unspecified atom stereocenters. The number of nitrogens with zero attached hydrogens (tertiary/aromatic N) is 1. The molecule has 0 radical (unpaired) electrons. The Morgan fingerprint density at radius 3 is 2.45 bits per heavy atom. The smallest absolute Gasteiger partial charge is 0.307 e. The van der Waals surface area contributed by atoms with Gasteiger partial charge in [-0.05, 0) is 37.5 Å². The number of carbonyl (C=O) groups is 1. The van der Waals surface area contributed by atoms with Crippen LogP contribution in [0.5, 0.6) is 0 Å². The lowest BCUT2D eigenvalue weighted by Crippen LogP contribution is -2.42. The molecule has 2 fully saturated rings. The molecule has 0 spiro atoms. The Morgan fingerprint density at radius 1 is 1.30 bits per heavy atom. The first-order valence-electron chi connectivity index (χ1n) is 7.58. The van der Waals surface area contributed by atoms with Crippen molar-refractivity contribution in [3.05, 3.63) is 0 Å². The third kappa shape index (κ3) is 2.60. The Balaban J connectivity index is 2.18. The van der Waals surface area contributed by atoms with Crippen molar-refractivity contribution in [2.24, 2.45) is 11.3 Å². The molecule has 2 aliphatic rings. The van der Waals surface area contributed by atoms with Crippen molar-refractivity contribution in [1.82, 2.24) is 4.31 Å². The first-order valence-corrected chi connectivity index (χ1v) is 9.08. The summed E-state index contributed by atoms with van der Waals surface area (Å²) >= 11 is 0. The molecule has 2 rings (SSSR count). The van der Waals surface area contributed by atoms with Gasteiger partial charge in [-0.1, -0.05) is 20.3 Å². The third-order valence-corrected chi connectivity index (χ3v) is 7.78. The average Bonchev–Trinajstić information content (AvgIpc) is 3.06. The molecule has 1 aliphatic heterocycles. The quantitative estimate of drug-likeness (QED) is 0.844. The van der Waals surface area contributed by atoms with Crippen molar-refractivity contribution < 1.29 is 18.3 Å². The lowest BCUT2D eigenvalue weighted by atomic mass is 9.82. The number of rotatable bonds is 5. The Labute approximate surface area is 121 Å². The van der Waals surface area contributed by atoms with Gasteiger partial charge in [0.2, 0.25) is 10.0 Å². The van der Waals surface area contributed by atoms with Crippen LogP contribution in [-0.4, -0.2) is 42.1 Å². The predicted octanol–water partition coefficient (Wildman–Crippen LogP) is 2.08. The zero-order valence-corrected chi connectivity index (χ0v) is 13.2. The molecule has 20 heavy (non-hydrogen) atoms. The Hall–Kier alpha value is -0.620. The first kappa shape index (κ1) is 15.8. The number of carboxylic acid groups (broad SMARTS) is 1. The first-order chi connectivity index (χ1) is 9.36. The second kappa shape index (κ2) is 5.64. The molecule has 6 heteroatoms. The highest BCUT2D eigenvalue weighted by Crippen LogP contribution is 2.41. The fourth-order valence-corrected chi connectivity index (χ4v) is 6.01. The fourth-order valence-electron chi connectivity index (χ4n) is 3.69. The summed E-state index contributed by atoms with van der Waals surface area (Å²) in [6.45, 7) is 5.32. The van der Waals surface area contributed by atoms with Gasteiger partial charge in [0.1, 0.15) is 0 Å². The van der Waals surface area contributed by atoms with Crippen LogP contribution in [0.2, 0.25) is 0 Å². The summed E-state index contributed by atoms with van der Waals surface area (Å²) in [4.78, 5) is 11.2. The van der Waals surface area contributed by atoms with Crippen molar-refractivity contribution in [3.8, 4) is 0 Å². The van der Waals surface area contributed by atoms with Crippen LogP contribution in [0.1, 0.15) is 52.4 Å². The second-order valence-corrected chi connectivity index (χ2v) is 8.40. The van der Waals surface area contributed by atoms with Gasteiger partial charge in [-0.3, -0.25) is 4.79 Å². The van der Waals surface area contributed by atoms with E-state index in [1.165, 1.54) is 0 Å². The summed E-state index contributed by atoms with van der Waals surface area (Å²) in [7, 11) is -3.47. The Morgan fingerprint density at radius 2 is 1.95 bits per heavy atom. The molecule has 1 saturated heterocycles. The SMILES string of the molecule is CCC1(CC)CCN(S(=O)(=O)C2CCCC2C(=O)O)C1. The maximum atomic E-state index is 12.7. The zero-order chi connectivity index (χ0) is 15.0. The van der Waals surface area contributed by atoms with Crippen LogP contribution in [0.15, 0.2) is 0 Å². The molecule has 5 nitrogen and oxygen atoms in total. The molecular weight excluding hydrogens is 278 g/mol. The molecule has 1 N–H and O–H groups in total. The average molecular weight is 303 g/mol. The molecule has 0 aromatic rings. The molecule has 0 aromatic carbocycles. The van der Waals surface area contributed by atoms with Crippen molar-refractivity contribution >= 4 is 16.0 Å². The van der Waals surface area contributed by atoms with Crippen LogP contribution in [-0.2, 0) is 14.8 Å². The minimum atomic E-state index is -3.47. The van der Waals surface area contributed by atoms with E-state index >= 15 is 0 Å². The number of aliphatic carboxylic acids is 1. The topological polar surface area (TPSA) is 74.7 Å². The van der Waals surface area contributed by atoms with Crippen LogP contribution >= 0.6 is 0 Å². The summed E-state index contributed by atoms with van der Waals surface area (Å²) in [6, 6.07) is 0. The molecule has 0 bridgehead atoms. The van der Waals surface area contributed by atoms with Gasteiger partial charge in [-0.15, -0.1) is 0 Å². The van der Waals surface area contributed by atoms with Crippen LogP contribution in [0.4, 0.5) is 0 Å². The number of hydrogen-bond donors (Lipinski definition) is 1. The summed E-state index contributed by atoms with van der Waals surface area (Å²) in [6.07, 6.45) is 4.51. The molecule has 1 saturated carbocycles. The van der Waals surface area contributed by atoms with Gasteiger partial charge >= 0.3 is 5.97 Å².